The van der Waals surface area contributed by atoms with Crippen LogP contribution < -0.4 is 5.32 Å². The first-order valence-corrected chi connectivity index (χ1v) is 7.71. The lowest BCUT2D eigenvalue weighted by Crippen LogP contribution is -2.48. The van der Waals surface area contributed by atoms with E-state index in [0.29, 0.717) is 12.0 Å². The zero-order chi connectivity index (χ0) is 14.0. The van der Waals surface area contributed by atoms with Crippen LogP contribution in [-0.4, -0.2) is 46.5 Å². The van der Waals surface area contributed by atoms with Gasteiger partial charge in [-0.05, 0) is 25.8 Å². The van der Waals surface area contributed by atoms with Crippen molar-refractivity contribution in [1.29, 1.82) is 0 Å². The van der Waals surface area contributed by atoms with E-state index >= 15 is 0 Å². The van der Waals surface area contributed by atoms with Crippen LogP contribution in [0.15, 0.2) is 12.4 Å². The number of nitrogens with one attached hydrogen (secondary N) is 1. The Balaban J connectivity index is 1.65. The summed E-state index contributed by atoms with van der Waals surface area (Å²) in [6.45, 7) is 6.52. The molecule has 2 saturated heterocycles. The molecule has 2 aliphatic rings. The lowest BCUT2D eigenvalue weighted by Gasteiger charge is -2.40. The first-order chi connectivity index (χ1) is 9.72. The molecule has 1 amide bonds. The summed E-state index contributed by atoms with van der Waals surface area (Å²) in [6, 6.07) is 0. The molecule has 1 aromatic heterocycles. The molecule has 20 heavy (non-hydrogen) atoms. The van der Waals surface area contributed by atoms with Crippen molar-refractivity contribution in [2.24, 2.45) is 5.41 Å². The first kappa shape index (κ1) is 13.6. The number of hydrogen-bond acceptors (Lipinski definition) is 3. The van der Waals surface area contributed by atoms with E-state index < -0.39 is 0 Å². The van der Waals surface area contributed by atoms with Crippen molar-refractivity contribution in [3.05, 3.63) is 18.2 Å². The summed E-state index contributed by atoms with van der Waals surface area (Å²) in [7, 11) is 0. The lowest BCUT2D eigenvalue weighted by molar-refractivity contribution is -0.135. The van der Waals surface area contributed by atoms with E-state index in [4.69, 9.17) is 0 Å². The fourth-order valence-electron chi connectivity index (χ4n) is 3.61. The maximum Gasteiger partial charge on any atom is 0.242 e. The highest BCUT2D eigenvalue weighted by Gasteiger charge is 2.39. The van der Waals surface area contributed by atoms with Crippen LogP contribution in [0.1, 0.15) is 32.0 Å². The number of carbonyl (C=O) groups excluding carboxylic acids is 1. The van der Waals surface area contributed by atoms with E-state index in [0.717, 1.165) is 44.8 Å². The fourth-order valence-corrected chi connectivity index (χ4v) is 3.61. The van der Waals surface area contributed by atoms with Gasteiger partial charge < -0.3 is 14.8 Å². The molecule has 2 aliphatic heterocycles. The van der Waals surface area contributed by atoms with Gasteiger partial charge in [0, 0.05) is 43.9 Å². The number of aromatic nitrogens is 2. The third-order valence-corrected chi connectivity index (χ3v) is 4.77. The molecule has 1 N–H and O–H groups in total. The highest BCUT2D eigenvalue weighted by molar-refractivity contribution is 5.76. The van der Waals surface area contributed by atoms with Crippen molar-refractivity contribution < 1.29 is 4.79 Å². The Morgan fingerprint density at radius 3 is 3.15 bits per heavy atom. The summed E-state index contributed by atoms with van der Waals surface area (Å²) in [4.78, 5) is 18.9. The summed E-state index contributed by atoms with van der Waals surface area (Å²) in [6.07, 6.45) is 8.17. The van der Waals surface area contributed by atoms with Crippen LogP contribution in [0.3, 0.4) is 0 Å². The van der Waals surface area contributed by atoms with Crippen LogP contribution in [0.25, 0.3) is 0 Å². The Kier molecular flexibility index (Phi) is 3.78. The van der Waals surface area contributed by atoms with Crippen LogP contribution in [0.4, 0.5) is 0 Å². The first-order valence-electron chi connectivity index (χ1n) is 7.71. The quantitative estimate of drug-likeness (QED) is 0.897. The zero-order valence-electron chi connectivity index (χ0n) is 12.3. The zero-order valence-corrected chi connectivity index (χ0v) is 12.3. The van der Waals surface area contributed by atoms with Crippen molar-refractivity contribution in [2.75, 3.05) is 26.2 Å². The summed E-state index contributed by atoms with van der Waals surface area (Å²) >= 11 is 0. The van der Waals surface area contributed by atoms with E-state index in [2.05, 4.69) is 22.1 Å². The second kappa shape index (κ2) is 5.56. The molecule has 0 bridgehead atoms. The molecular weight excluding hydrogens is 252 g/mol. The number of rotatable bonds is 3. The Bertz CT molecular complexity index is 476. The van der Waals surface area contributed by atoms with Gasteiger partial charge in [-0.2, -0.15) is 0 Å². The molecule has 0 saturated carbocycles. The minimum Gasteiger partial charge on any atom is -0.341 e. The molecule has 0 aromatic carbocycles. The van der Waals surface area contributed by atoms with Gasteiger partial charge in [-0.3, -0.25) is 4.79 Å². The third-order valence-electron chi connectivity index (χ3n) is 4.77. The van der Waals surface area contributed by atoms with E-state index in [1.165, 1.54) is 12.8 Å². The number of aryl methyl sites for hydroxylation is 1. The smallest absolute Gasteiger partial charge is 0.242 e. The molecule has 5 nitrogen and oxygen atoms in total. The molecule has 3 heterocycles. The van der Waals surface area contributed by atoms with Crippen molar-refractivity contribution in [3.63, 3.8) is 0 Å². The maximum absolute atomic E-state index is 12.5. The van der Waals surface area contributed by atoms with Gasteiger partial charge in [0.15, 0.2) is 0 Å². The summed E-state index contributed by atoms with van der Waals surface area (Å²) < 4.78 is 1.98. The Hall–Kier alpha value is -1.36. The molecule has 1 unspecified atom stereocenters. The van der Waals surface area contributed by atoms with Gasteiger partial charge >= 0.3 is 0 Å². The van der Waals surface area contributed by atoms with Crippen molar-refractivity contribution >= 4 is 5.91 Å². The van der Waals surface area contributed by atoms with E-state index in [-0.39, 0.29) is 5.91 Å². The van der Waals surface area contributed by atoms with Crippen molar-refractivity contribution in [1.82, 2.24) is 19.8 Å². The number of nitrogens with zero attached hydrogens (tertiary/aromatic N) is 3. The van der Waals surface area contributed by atoms with E-state index in [9.17, 15) is 4.79 Å². The lowest BCUT2D eigenvalue weighted by atomic mass is 9.79. The number of imidazole rings is 1. The molecule has 2 fully saturated rings. The third kappa shape index (κ3) is 2.59. The van der Waals surface area contributed by atoms with Gasteiger partial charge in [0.1, 0.15) is 12.4 Å². The standard InChI is InChI=1S/C15H24N4O/c1-2-13-17-7-9-18(13)10-14(20)19-8-3-4-15(12-19)5-6-16-11-15/h7,9,16H,2-6,8,10-12H2,1H3. The van der Waals surface area contributed by atoms with E-state index in [1.54, 1.807) is 6.20 Å². The van der Waals surface area contributed by atoms with Crippen LogP contribution in [-0.2, 0) is 17.8 Å². The highest BCUT2D eigenvalue weighted by Crippen LogP contribution is 2.35. The largest absolute Gasteiger partial charge is 0.341 e. The molecule has 0 aliphatic carbocycles. The summed E-state index contributed by atoms with van der Waals surface area (Å²) in [5.74, 6) is 1.23. The van der Waals surface area contributed by atoms with Gasteiger partial charge in [-0.15, -0.1) is 0 Å². The number of carbonyl (C=O) groups is 1. The molecular formula is C15H24N4O. The van der Waals surface area contributed by atoms with Gasteiger partial charge in [0.05, 0.1) is 0 Å². The molecule has 1 atom stereocenters. The van der Waals surface area contributed by atoms with Crippen LogP contribution in [0.5, 0.6) is 0 Å². The fraction of sp³-hybridized carbons (Fsp3) is 0.733. The highest BCUT2D eigenvalue weighted by atomic mass is 16.2. The van der Waals surface area contributed by atoms with Gasteiger partial charge in [-0.1, -0.05) is 6.92 Å². The molecule has 3 rings (SSSR count). The summed E-state index contributed by atoms with van der Waals surface area (Å²) in [5.41, 5.74) is 0.344. The normalized spacial score (nSPS) is 26.4. The topological polar surface area (TPSA) is 50.2 Å². The monoisotopic (exact) mass is 276 g/mol. The number of amides is 1. The SMILES string of the molecule is CCc1nccn1CC(=O)N1CCCC2(CCNC2)C1. The second-order valence-corrected chi connectivity index (χ2v) is 6.17. The predicted molar refractivity (Wildman–Crippen MR) is 77.3 cm³/mol. The van der Waals surface area contributed by atoms with E-state index in [1.807, 2.05) is 10.8 Å². The van der Waals surface area contributed by atoms with Crippen molar-refractivity contribution in [3.8, 4) is 0 Å². The number of hydrogen-bond donors (Lipinski definition) is 1. The average Bonchev–Trinajstić information content (AvgIpc) is 3.08. The van der Waals surface area contributed by atoms with Crippen molar-refractivity contribution in [2.45, 2.75) is 39.2 Å². The van der Waals surface area contributed by atoms with Crippen LogP contribution in [0.2, 0.25) is 0 Å². The second-order valence-electron chi connectivity index (χ2n) is 6.17. The molecule has 110 valence electrons. The van der Waals surface area contributed by atoms with Gasteiger partial charge in [-0.25, -0.2) is 4.98 Å². The number of piperidine rings is 1. The van der Waals surface area contributed by atoms with Gasteiger partial charge in [0.2, 0.25) is 5.91 Å². The van der Waals surface area contributed by atoms with Crippen LogP contribution in [0, 0.1) is 5.41 Å². The van der Waals surface area contributed by atoms with Gasteiger partial charge in [0.25, 0.3) is 0 Å². The Morgan fingerprint density at radius 1 is 1.50 bits per heavy atom. The maximum atomic E-state index is 12.5. The summed E-state index contributed by atoms with van der Waals surface area (Å²) in [5, 5.41) is 3.45. The molecule has 1 aromatic rings. The Morgan fingerprint density at radius 2 is 2.40 bits per heavy atom. The Labute approximate surface area is 120 Å². The number of likely N-dealkylation sites (tertiary alicyclic amines) is 1. The van der Waals surface area contributed by atoms with Crippen LogP contribution >= 0.6 is 0 Å². The predicted octanol–water partition coefficient (Wildman–Crippen LogP) is 1.05. The molecule has 5 heteroatoms. The minimum atomic E-state index is 0.240. The minimum absolute atomic E-state index is 0.240. The molecule has 1 spiro atoms. The molecule has 0 radical (unpaired) electrons. The average molecular weight is 276 g/mol.